The Morgan fingerprint density at radius 3 is 2.48 bits per heavy atom. The number of ether oxygens (including phenoxy) is 1. The lowest BCUT2D eigenvalue weighted by atomic mass is 9.95. The van der Waals surface area contributed by atoms with Crippen molar-refractivity contribution >= 4 is 0 Å². The maximum Gasteiger partial charge on any atom is 0.173 e. The molecule has 4 rings (SSSR count). The standard InChI is InChI=1S/C22H32N6O/c1-3-13-26-14-16-27(17-15-26)21(18-9-11-20(29-2)12-10-18)22-23-24-25-28(22)19-7-5-4-6-8-19/h3,9-12,19,21H,1,4-8,13-17H2,2H3. The number of hydrogen-bond acceptors (Lipinski definition) is 6. The van der Waals surface area contributed by atoms with Crippen molar-refractivity contribution in [3.05, 3.63) is 48.3 Å². The number of methoxy groups -OCH3 is 1. The molecule has 1 saturated heterocycles. The Hall–Kier alpha value is -2.25. The van der Waals surface area contributed by atoms with Crippen molar-refractivity contribution in [2.75, 3.05) is 39.8 Å². The summed E-state index contributed by atoms with van der Waals surface area (Å²) in [5.41, 5.74) is 1.22. The summed E-state index contributed by atoms with van der Waals surface area (Å²) in [4.78, 5) is 4.96. The average molecular weight is 397 g/mol. The summed E-state index contributed by atoms with van der Waals surface area (Å²) < 4.78 is 7.49. The van der Waals surface area contributed by atoms with Crippen LogP contribution in [0, 0.1) is 0 Å². The van der Waals surface area contributed by atoms with Gasteiger partial charge in [-0.1, -0.05) is 37.5 Å². The van der Waals surface area contributed by atoms with Crippen molar-refractivity contribution in [2.45, 2.75) is 44.2 Å². The second-order valence-corrected chi connectivity index (χ2v) is 8.07. The van der Waals surface area contributed by atoms with Crippen LogP contribution in [0.2, 0.25) is 0 Å². The molecule has 1 aromatic carbocycles. The quantitative estimate of drug-likeness (QED) is 0.671. The van der Waals surface area contributed by atoms with Crippen LogP contribution in [0.5, 0.6) is 5.75 Å². The minimum atomic E-state index is 0.0590. The van der Waals surface area contributed by atoms with E-state index in [0.29, 0.717) is 6.04 Å². The predicted molar refractivity (Wildman–Crippen MR) is 113 cm³/mol. The van der Waals surface area contributed by atoms with Gasteiger partial charge in [0.05, 0.1) is 19.2 Å². The molecular weight excluding hydrogens is 364 g/mol. The first-order chi connectivity index (χ1) is 14.3. The lowest BCUT2D eigenvalue weighted by Gasteiger charge is -2.39. The molecule has 1 aromatic heterocycles. The molecule has 2 aromatic rings. The molecule has 2 aliphatic rings. The second kappa shape index (κ2) is 9.50. The van der Waals surface area contributed by atoms with E-state index in [1.165, 1.54) is 37.7 Å². The van der Waals surface area contributed by atoms with Gasteiger partial charge in [-0.25, -0.2) is 4.68 Å². The number of rotatable bonds is 7. The van der Waals surface area contributed by atoms with Crippen molar-refractivity contribution in [1.29, 1.82) is 0 Å². The molecule has 0 spiro atoms. The van der Waals surface area contributed by atoms with Crippen LogP contribution in [0.25, 0.3) is 0 Å². The molecule has 0 N–H and O–H groups in total. The van der Waals surface area contributed by atoms with Crippen LogP contribution < -0.4 is 4.74 Å². The molecule has 156 valence electrons. The molecule has 1 aliphatic carbocycles. The van der Waals surface area contributed by atoms with Crippen molar-refractivity contribution in [3.8, 4) is 5.75 Å². The van der Waals surface area contributed by atoms with Gasteiger partial charge in [0, 0.05) is 32.7 Å². The molecule has 29 heavy (non-hydrogen) atoms. The average Bonchev–Trinajstić information content (AvgIpc) is 3.26. The van der Waals surface area contributed by atoms with Crippen LogP contribution in [0.4, 0.5) is 0 Å². The lowest BCUT2D eigenvalue weighted by Crippen LogP contribution is -2.48. The van der Waals surface area contributed by atoms with E-state index >= 15 is 0 Å². The highest BCUT2D eigenvalue weighted by atomic mass is 16.5. The van der Waals surface area contributed by atoms with E-state index in [1.54, 1.807) is 7.11 Å². The van der Waals surface area contributed by atoms with Crippen LogP contribution in [-0.4, -0.2) is 69.8 Å². The highest BCUT2D eigenvalue weighted by Crippen LogP contribution is 2.34. The first-order valence-corrected chi connectivity index (χ1v) is 10.8. The highest BCUT2D eigenvalue weighted by Gasteiger charge is 2.32. The van der Waals surface area contributed by atoms with Crippen molar-refractivity contribution < 1.29 is 4.74 Å². The van der Waals surface area contributed by atoms with E-state index in [0.717, 1.165) is 44.3 Å². The number of benzene rings is 1. The summed E-state index contributed by atoms with van der Waals surface area (Å²) in [5, 5.41) is 13.1. The first-order valence-electron chi connectivity index (χ1n) is 10.8. The highest BCUT2D eigenvalue weighted by molar-refractivity contribution is 5.32. The molecule has 0 radical (unpaired) electrons. The zero-order chi connectivity index (χ0) is 20.1. The van der Waals surface area contributed by atoms with Gasteiger partial charge in [-0.2, -0.15) is 0 Å². The van der Waals surface area contributed by atoms with Crippen LogP contribution >= 0.6 is 0 Å². The first kappa shape index (κ1) is 20.0. The van der Waals surface area contributed by atoms with Gasteiger partial charge in [0.15, 0.2) is 5.82 Å². The number of aromatic nitrogens is 4. The topological polar surface area (TPSA) is 59.3 Å². The molecule has 7 nitrogen and oxygen atoms in total. The van der Waals surface area contributed by atoms with E-state index in [-0.39, 0.29) is 6.04 Å². The van der Waals surface area contributed by atoms with Crippen molar-refractivity contribution in [1.82, 2.24) is 30.0 Å². The van der Waals surface area contributed by atoms with Gasteiger partial charge in [0.1, 0.15) is 5.75 Å². The largest absolute Gasteiger partial charge is 0.497 e. The molecule has 2 fully saturated rings. The Kier molecular flexibility index (Phi) is 6.56. The Morgan fingerprint density at radius 1 is 1.10 bits per heavy atom. The van der Waals surface area contributed by atoms with Gasteiger partial charge in [0.2, 0.25) is 0 Å². The van der Waals surface area contributed by atoms with Crippen LogP contribution in [0.3, 0.4) is 0 Å². The Morgan fingerprint density at radius 2 is 1.83 bits per heavy atom. The molecule has 1 aliphatic heterocycles. The van der Waals surface area contributed by atoms with Gasteiger partial charge in [0.25, 0.3) is 0 Å². The van der Waals surface area contributed by atoms with Gasteiger partial charge in [-0.15, -0.1) is 11.7 Å². The van der Waals surface area contributed by atoms with E-state index in [9.17, 15) is 0 Å². The maximum absolute atomic E-state index is 5.37. The third kappa shape index (κ3) is 4.51. The van der Waals surface area contributed by atoms with E-state index in [4.69, 9.17) is 4.74 Å². The summed E-state index contributed by atoms with van der Waals surface area (Å²) >= 11 is 0. The number of hydrogen-bond donors (Lipinski definition) is 0. The summed E-state index contributed by atoms with van der Waals surface area (Å²) in [6, 6.07) is 8.84. The summed E-state index contributed by atoms with van der Waals surface area (Å²) in [7, 11) is 1.70. The zero-order valence-electron chi connectivity index (χ0n) is 17.4. The maximum atomic E-state index is 5.37. The van der Waals surface area contributed by atoms with E-state index < -0.39 is 0 Å². The SMILES string of the molecule is C=CCN1CCN(C(c2ccc(OC)cc2)c2nnnn2C2CCCCC2)CC1. The minimum Gasteiger partial charge on any atom is -0.497 e. The predicted octanol–water partition coefficient (Wildman–Crippen LogP) is 3.08. The van der Waals surface area contributed by atoms with Crippen molar-refractivity contribution in [2.24, 2.45) is 0 Å². The molecule has 0 bridgehead atoms. The second-order valence-electron chi connectivity index (χ2n) is 8.07. The number of nitrogens with zero attached hydrogens (tertiary/aromatic N) is 6. The molecule has 1 saturated carbocycles. The summed E-state index contributed by atoms with van der Waals surface area (Å²) in [6.07, 6.45) is 8.16. The molecule has 1 atom stereocenters. The fourth-order valence-corrected chi connectivity index (χ4v) is 4.66. The van der Waals surface area contributed by atoms with Crippen LogP contribution in [0.15, 0.2) is 36.9 Å². The molecular formula is C22H32N6O. The number of tetrazole rings is 1. The Balaban J connectivity index is 1.64. The van der Waals surface area contributed by atoms with Gasteiger partial charge in [-0.05, 0) is 41.0 Å². The molecule has 2 heterocycles. The van der Waals surface area contributed by atoms with Gasteiger partial charge < -0.3 is 4.74 Å². The lowest BCUT2D eigenvalue weighted by molar-refractivity contribution is 0.111. The molecule has 7 heteroatoms. The number of piperazine rings is 1. The van der Waals surface area contributed by atoms with Crippen LogP contribution in [-0.2, 0) is 0 Å². The smallest absolute Gasteiger partial charge is 0.173 e. The van der Waals surface area contributed by atoms with E-state index in [2.05, 4.69) is 48.7 Å². The van der Waals surface area contributed by atoms with Gasteiger partial charge >= 0.3 is 0 Å². The fraction of sp³-hybridized carbons (Fsp3) is 0.591. The molecule has 0 amide bonds. The minimum absolute atomic E-state index is 0.0590. The monoisotopic (exact) mass is 396 g/mol. The third-order valence-corrected chi connectivity index (χ3v) is 6.27. The van der Waals surface area contributed by atoms with Crippen LogP contribution in [0.1, 0.15) is 55.6 Å². The summed E-state index contributed by atoms with van der Waals surface area (Å²) in [5.74, 6) is 1.84. The van der Waals surface area contributed by atoms with Gasteiger partial charge in [-0.3, -0.25) is 9.80 Å². The Labute approximate surface area is 173 Å². The van der Waals surface area contributed by atoms with E-state index in [1.807, 2.05) is 18.2 Å². The molecule has 1 unspecified atom stereocenters. The van der Waals surface area contributed by atoms with Crippen molar-refractivity contribution in [3.63, 3.8) is 0 Å². The summed E-state index contributed by atoms with van der Waals surface area (Å²) in [6.45, 7) is 8.86. The normalized spacial score (nSPS) is 20.4. The third-order valence-electron chi connectivity index (χ3n) is 6.27. The Bertz CT molecular complexity index is 775. The fourth-order valence-electron chi connectivity index (χ4n) is 4.66. The zero-order valence-corrected chi connectivity index (χ0v) is 17.4.